The SMILES string of the molecule is O=C(CN1C(=O)S/C(=C\c2ccc(OCc3cccc(C(=O)O)c3)c(Cl)c2)C1=O)Nc1ccccc1F. The Kier molecular flexibility index (Phi) is 7.90. The number of carboxylic acids is 1. The zero-order valence-corrected chi connectivity index (χ0v) is 20.5. The molecule has 0 unspecified atom stereocenters. The lowest BCUT2D eigenvalue weighted by Gasteiger charge is -2.12. The Bertz CT molecular complexity index is 1440. The number of carbonyl (C=O) groups is 4. The van der Waals surface area contributed by atoms with Crippen molar-refractivity contribution in [3.05, 3.63) is 99.2 Å². The normalized spacial score (nSPS) is 14.2. The quantitative estimate of drug-likeness (QED) is 0.366. The molecule has 0 aromatic heterocycles. The number of thioether (sulfide) groups is 1. The number of halogens is 2. The average molecular weight is 541 g/mol. The molecule has 188 valence electrons. The number of benzene rings is 3. The van der Waals surface area contributed by atoms with E-state index in [-0.39, 0.29) is 27.8 Å². The van der Waals surface area contributed by atoms with E-state index in [4.69, 9.17) is 21.4 Å². The fraction of sp³-hybridized carbons (Fsp3) is 0.0769. The van der Waals surface area contributed by atoms with Gasteiger partial charge in [0.05, 0.1) is 21.2 Å². The minimum atomic E-state index is -1.04. The second-order valence-electron chi connectivity index (χ2n) is 7.78. The van der Waals surface area contributed by atoms with Crippen LogP contribution in [0.25, 0.3) is 6.08 Å². The third-order valence-corrected chi connectivity index (χ3v) is 6.35. The first-order valence-corrected chi connectivity index (χ1v) is 11.9. The molecule has 1 aliphatic rings. The number of aromatic carboxylic acids is 1. The Labute approximate surface area is 219 Å². The Morgan fingerprint density at radius 1 is 1.08 bits per heavy atom. The lowest BCUT2D eigenvalue weighted by Crippen LogP contribution is -2.36. The van der Waals surface area contributed by atoms with Crippen molar-refractivity contribution in [1.29, 1.82) is 0 Å². The van der Waals surface area contributed by atoms with Gasteiger partial charge >= 0.3 is 5.97 Å². The van der Waals surface area contributed by atoms with Crippen LogP contribution >= 0.6 is 23.4 Å². The van der Waals surface area contributed by atoms with Gasteiger partial charge in [0.25, 0.3) is 11.1 Å². The van der Waals surface area contributed by atoms with E-state index in [1.54, 1.807) is 36.4 Å². The summed E-state index contributed by atoms with van der Waals surface area (Å²) in [6, 6.07) is 16.6. The zero-order chi connectivity index (χ0) is 26.5. The third kappa shape index (κ3) is 6.35. The molecule has 0 aliphatic carbocycles. The smallest absolute Gasteiger partial charge is 0.335 e. The van der Waals surface area contributed by atoms with Crippen LogP contribution in [0.15, 0.2) is 71.6 Å². The molecule has 1 aliphatic heterocycles. The van der Waals surface area contributed by atoms with Gasteiger partial charge in [0, 0.05) is 0 Å². The standard InChI is InChI=1S/C26H18ClFN2O6S/c27-18-11-15(8-9-21(18)36-14-16-4-3-5-17(10-16)25(33)34)12-22-24(32)30(26(35)37-22)13-23(31)29-20-7-2-1-6-19(20)28/h1-12H,13-14H2,(H,29,31)(H,33,34)/b22-12-. The summed E-state index contributed by atoms with van der Waals surface area (Å²) in [6.45, 7) is -0.471. The van der Waals surface area contributed by atoms with Crippen molar-refractivity contribution in [2.45, 2.75) is 6.61 Å². The number of rotatable bonds is 8. The third-order valence-electron chi connectivity index (χ3n) is 5.15. The lowest BCUT2D eigenvalue weighted by molar-refractivity contribution is -0.127. The van der Waals surface area contributed by atoms with Crippen LogP contribution < -0.4 is 10.1 Å². The zero-order valence-electron chi connectivity index (χ0n) is 18.9. The van der Waals surface area contributed by atoms with Crippen LogP contribution in [0.3, 0.4) is 0 Å². The largest absolute Gasteiger partial charge is 0.487 e. The molecule has 1 fully saturated rings. The molecule has 2 N–H and O–H groups in total. The second kappa shape index (κ2) is 11.3. The summed E-state index contributed by atoms with van der Waals surface area (Å²) in [5, 5.41) is 11.1. The molecule has 0 radical (unpaired) electrons. The van der Waals surface area contributed by atoms with Crippen LogP contribution in [-0.2, 0) is 16.2 Å². The number of carboxylic acid groups (broad SMARTS) is 1. The van der Waals surface area contributed by atoms with Crippen molar-refractivity contribution in [1.82, 2.24) is 4.90 Å². The molecule has 1 heterocycles. The molecule has 11 heteroatoms. The van der Waals surface area contributed by atoms with Crippen molar-refractivity contribution >= 4 is 58.1 Å². The molecule has 0 saturated carbocycles. The molecule has 1 saturated heterocycles. The van der Waals surface area contributed by atoms with Gasteiger partial charge < -0.3 is 15.2 Å². The van der Waals surface area contributed by atoms with Gasteiger partial charge in [-0.25, -0.2) is 9.18 Å². The first kappa shape index (κ1) is 25.9. The van der Waals surface area contributed by atoms with Crippen molar-refractivity contribution in [2.24, 2.45) is 0 Å². The predicted molar refractivity (Wildman–Crippen MR) is 137 cm³/mol. The summed E-state index contributed by atoms with van der Waals surface area (Å²) in [6.07, 6.45) is 1.46. The number of hydrogen-bond donors (Lipinski definition) is 2. The van der Waals surface area contributed by atoms with Crippen molar-refractivity contribution in [3.8, 4) is 5.75 Å². The first-order valence-electron chi connectivity index (χ1n) is 10.8. The number of anilines is 1. The molecule has 3 aromatic rings. The highest BCUT2D eigenvalue weighted by Gasteiger charge is 2.36. The minimum Gasteiger partial charge on any atom is -0.487 e. The van der Waals surface area contributed by atoms with Gasteiger partial charge in [-0.2, -0.15) is 0 Å². The minimum absolute atomic E-state index is 0.0541. The van der Waals surface area contributed by atoms with E-state index >= 15 is 0 Å². The highest BCUT2D eigenvalue weighted by molar-refractivity contribution is 8.18. The summed E-state index contributed by atoms with van der Waals surface area (Å²) >= 11 is 6.99. The fourth-order valence-electron chi connectivity index (χ4n) is 3.36. The topological polar surface area (TPSA) is 113 Å². The number of hydrogen-bond acceptors (Lipinski definition) is 6. The predicted octanol–water partition coefficient (Wildman–Crippen LogP) is 5.43. The van der Waals surface area contributed by atoms with Crippen LogP contribution in [0, 0.1) is 5.82 Å². The molecule has 8 nitrogen and oxygen atoms in total. The maximum atomic E-state index is 13.7. The number of amides is 3. The number of nitrogens with zero attached hydrogens (tertiary/aromatic N) is 1. The second-order valence-corrected chi connectivity index (χ2v) is 9.18. The molecule has 3 amide bonds. The van der Waals surface area contributed by atoms with Crippen LogP contribution in [0.5, 0.6) is 5.75 Å². The van der Waals surface area contributed by atoms with Crippen molar-refractivity contribution < 1.29 is 33.4 Å². The van der Waals surface area contributed by atoms with Gasteiger partial charge in [0.1, 0.15) is 24.7 Å². The summed E-state index contributed by atoms with van der Waals surface area (Å²) in [5.41, 5.74) is 1.25. The maximum Gasteiger partial charge on any atom is 0.335 e. The van der Waals surface area contributed by atoms with E-state index in [1.807, 2.05) is 0 Å². The van der Waals surface area contributed by atoms with Gasteiger partial charge in [-0.3, -0.25) is 19.3 Å². The number of carbonyl (C=O) groups excluding carboxylic acids is 3. The average Bonchev–Trinajstić information content (AvgIpc) is 3.12. The van der Waals surface area contributed by atoms with Gasteiger partial charge in [0.15, 0.2) is 0 Å². The van der Waals surface area contributed by atoms with Crippen LogP contribution in [0.4, 0.5) is 14.9 Å². The van der Waals surface area contributed by atoms with E-state index in [0.29, 0.717) is 28.6 Å². The molecule has 0 bridgehead atoms. The summed E-state index contributed by atoms with van der Waals surface area (Å²) in [4.78, 5) is 49.3. The van der Waals surface area contributed by atoms with Gasteiger partial charge in [0.2, 0.25) is 5.91 Å². The van der Waals surface area contributed by atoms with E-state index < -0.39 is 35.4 Å². The van der Waals surface area contributed by atoms with Crippen molar-refractivity contribution in [2.75, 3.05) is 11.9 Å². The molecular formula is C26H18ClFN2O6S. The van der Waals surface area contributed by atoms with E-state index in [0.717, 1.165) is 4.90 Å². The number of para-hydroxylation sites is 1. The maximum absolute atomic E-state index is 13.7. The monoisotopic (exact) mass is 540 g/mol. The van der Waals surface area contributed by atoms with Crippen LogP contribution in [-0.4, -0.2) is 39.6 Å². The molecule has 3 aromatic carbocycles. The first-order chi connectivity index (χ1) is 17.7. The summed E-state index contributed by atoms with van der Waals surface area (Å²) in [7, 11) is 0. The Hall–Kier alpha value is -4.15. The molecule has 0 atom stereocenters. The number of nitrogens with one attached hydrogen (secondary N) is 1. The fourth-order valence-corrected chi connectivity index (χ4v) is 4.44. The number of ether oxygens (including phenoxy) is 1. The van der Waals surface area contributed by atoms with Crippen LogP contribution in [0.2, 0.25) is 5.02 Å². The Morgan fingerprint density at radius 2 is 1.86 bits per heavy atom. The Balaban J connectivity index is 1.40. The highest BCUT2D eigenvalue weighted by Crippen LogP contribution is 2.34. The lowest BCUT2D eigenvalue weighted by atomic mass is 10.1. The molecule has 0 spiro atoms. The number of imide groups is 1. The van der Waals surface area contributed by atoms with Crippen LogP contribution in [0.1, 0.15) is 21.5 Å². The Morgan fingerprint density at radius 3 is 2.59 bits per heavy atom. The van der Waals surface area contributed by atoms with E-state index in [1.165, 1.54) is 36.4 Å². The molecule has 4 rings (SSSR count). The summed E-state index contributed by atoms with van der Waals surface area (Å²) < 4.78 is 19.4. The van der Waals surface area contributed by atoms with Gasteiger partial charge in [-0.1, -0.05) is 41.9 Å². The summed E-state index contributed by atoms with van der Waals surface area (Å²) in [5.74, 6) is -2.71. The van der Waals surface area contributed by atoms with Crippen molar-refractivity contribution in [3.63, 3.8) is 0 Å². The van der Waals surface area contributed by atoms with Gasteiger partial charge in [-0.05, 0) is 65.4 Å². The van der Waals surface area contributed by atoms with E-state index in [2.05, 4.69) is 5.32 Å². The highest BCUT2D eigenvalue weighted by atomic mass is 35.5. The van der Waals surface area contributed by atoms with Gasteiger partial charge in [-0.15, -0.1) is 0 Å². The van der Waals surface area contributed by atoms with E-state index in [9.17, 15) is 23.6 Å². The molecule has 37 heavy (non-hydrogen) atoms. The molecular weight excluding hydrogens is 523 g/mol.